The van der Waals surface area contributed by atoms with E-state index in [1.165, 1.54) is 6.21 Å². The van der Waals surface area contributed by atoms with E-state index in [9.17, 15) is 9.59 Å². The number of nitrogens with zero attached hydrogens (tertiary/aromatic N) is 1. The van der Waals surface area contributed by atoms with Gasteiger partial charge in [0.15, 0.2) is 0 Å². The standard InChI is InChI=1S/C25H23Cl2N3O4/c1-33-21-9-7-20(8-10-21)29-24(31)12-13-25(32)30-28-15-18-14-19(26)6-11-23(18)34-16-17-4-2-3-5-22(17)27/h2-11,14-15H,12-13,16H2,1H3,(H,29,31)(H,30,32). The highest BCUT2D eigenvalue weighted by Crippen LogP contribution is 2.24. The number of hydrazone groups is 1. The van der Waals surface area contributed by atoms with Crippen LogP contribution in [-0.4, -0.2) is 25.1 Å². The third-order valence-electron chi connectivity index (χ3n) is 4.66. The van der Waals surface area contributed by atoms with Crippen LogP contribution >= 0.6 is 23.2 Å². The monoisotopic (exact) mass is 499 g/mol. The summed E-state index contributed by atoms with van der Waals surface area (Å²) in [6.07, 6.45) is 1.42. The number of halogens is 2. The molecule has 0 fully saturated rings. The Morgan fingerprint density at radius 3 is 2.44 bits per heavy atom. The number of amides is 2. The van der Waals surface area contributed by atoms with Gasteiger partial charge in [-0.05, 0) is 48.5 Å². The fourth-order valence-electron chi connectivity index (χ4n) is 2.88. The number of hydrogen-bond donors (Lipinski definition) is 2. The van der Waals surface area contributed by atoms with Gasteiger partial charge in [0.1, 0.15) is 18.1 Å². The second kappa shape index (κ2) is 12.6. The van der Waals surface area contributed by atoms with E-state index in [2.05, 4.69) is 15.8 Å². The van der Waals surface area contributed by atoms with Crippen LogP contribution in [0.15, 0.2) is 71.8 Å². The largest absolute Gasteiger partial charge is 0.497 e. The molecule has 0 spiro atoms. The molecule has 0 unspecified atom stereocenters. The Bertz CT molecular complexity index is 1170. The van der Waals surface area contributed by atoms with Crippen LogP contribution < -0.4 is 20.2 Å². The van der Waals surface area contributed by atoms with Crippen molar-refractivity contribution < 1.29 is 19.1 Å². The first kappa shape index (κ1) is 25.1. The van der Waals surface area contributed by atoms with Crippen molar-refractivity contribution in [3.8, 4) is 11.5 Å². The molecule has 2 amide bonds. The zero-order chi connectivity index (χ0) is 24.3. The molecule has 7 nitrogen and oxygen atoms in total. The van der Waals surface area contributed by atoms with Crippen molar-refractivity contribution in [1.29, 1.82) is 0 Å². The van der Waals surface area contributed by atoms with Crippen LogP contribution in [0.5, 0.6) is 11.5 Å². The predicted molar refractivity (Wildman–Crippen MR) is 134 cm³/mol. The van der Waals surface area contributed by atoms with E-state index in [1.807, 2.05) is 18.2 Å². The summed E-state index contributed by atoms with van der Waals surface area (Å²) in [4.78, 5) is 24.1. The molecule has 0 aliphatic heterocycles. The van der Waals surface area contributed by atoms with Gasteiger partial charge >= 0.3 is 0 Å². The summed E-state index contributed by atoms with van der Waals surface area (Å²) < 4.78 is 10.9. The summed E-state index contributed by atoms with van der Waals surface area (Å²) in [7, 11) is 1.57. The fraction of sp³-hybridized carbons (Fsp3) is 0.160. The number of rotatable bonds is 10. The summed E-state index contributed by atoms with van der Waals surface area (Å²) in [5.41, 5.74) is 4.45. The Morgan fingerprint density at radius 2 is 1.71 bits per heavy atom. The molecule has 0 aliphatic carbocycles. The van der Waals surface area contributed by atoms with E-state index in [4.69, 9.17) is 32.7 Å². The molecule has 0 saturated carbocycles. The van der Waals surface area contributed by atoms with Gasteiger partial charge in [-0.25, -0.2) is 5.43 Å². The van der Waals surface area contributed by atoms with Gasteiger partial charge in [0.2, 0.25) is 11.8 Å². The van der Waals surface area contributed by atoms with Crippen molar-refractivity contribution >= 4 is 46.9 Å². The van der Waals surface area contributed by atoms with Crippen molar-refractivity contribution in [2.75, 3.05) is 12.4 Å². The van der Waals surface area contributed by atoms with Crippen molar-refractivity contribution in [3.63, 3.8) is 0 Å². The number of anilines is 1. The summed E-state index contributed by atoms with van der Waals surface area (Å²) in [5.74, 6) is 0.532. The average Bonchev–Trinajstić information content (AvgIpc) is 2.83. The van der Waals surface area contributed by atoms with Gasteiger partial charge in [0.05, 0.1) is 13.3 Å². The molecule has 0 aromatic heterocycles. The van der Waals surface area contributed by atoms with Crippen molar-refractivity contribution in [2.45, 2.75) is 19.4 Å². The van der Waals surface area contributed by atoms with Crippen LogP contribution in [0.2, 0.25) is 10.0 Å². The lowest BCUT2D eigenvalue weighted by molar-refractivity contribution is -0.124. The lowest BCUT2D eigenvalue weighted by atomic mass is 10.2. The molecule has 0 aliphatic rings. The molecule has 0 radical (unpaired) electrons. The van der Waals surface area contributed by atoms with Gasteiger partial charge in [0.25, 0.3) is 0 Å². The Morgan fingerprint density at radius 1 is 0.971 bits per heavy atom. The van der Waals surface area contributed by atoms with Crippen molar-refractivity contribution in [2.24, 2.45) is 5.10 Å². The van der Waals surface area contributed by atoms with Crippen LogP contribution in [0.25, 0.3) is 0 Å². The summed E-state index contributed by atoms with van der Waals surface area (Å²) in [6, 6.07) is 19.4. The van der Waals surface area contributed by atoms with Crippen LogP contribution in [0.1, 0.15) is 24.0 Å². The predicted octanol–water partition coefficient (Wildman–Crippen LogP) is 5.45. The molecule has 2 N–H and O–H groups in total. The highest BCUT2D eigenvalue weighted by Gasteiger charge is 2.08. The van der Waals surface area contributed by atoms with E-state index >= 15 is 0 Å². The number of carbonyl (C=O) groups is 2. The van der Waals surface area contributed by atoms with E-state index in [0.29, 0.717) is 32.8 Å². The first-order chi connectivity index (χ1) is 16.4. The molecule has 176 valence electrons. The van der Waals surface area contributed by atoms with Gasteiger partial charge in [0, 0.05) is 39.7 Å². The lowest BCUT2D eigenvalue weighted by Gasteiger charge is -2.10. The summed E-state index contributed by atoms with van der Waals surface area (Å²) >= 11 is 12.3. The molecule has 0 atom stereocenters. The normalized spacial score (nSPS) is 10.7. The number of carbonyl (C=O) groups excluding carboxylic acids is 2. The van der Waals surface area contributed by atoms with Gasteiger partial charge in [-0.1, -0.05) is 41.4 Å². The van der Waals surface area contributed by atoms with Gasteiger partial charge in [-0.3, -0.25) is 9.59 Å². The molecular formula is C25H23Cl2N3O4. The van der Waals surface area contributed by atoms with E-state index < -0.39 is 5.91 Å². The van der Waals surface area contributed by atoms with Gasteiger partial charge in [-0.2, -0.15) is 5.10 Å². The molecule has 3 rings (SSSR count). The maximum absolute atomic E-state index is 12.1. The number of benzene rings is 3. The second-order valence-corrected chi connectivity index (χ2v) is 7.98. The molecule has 9 heteroatoms. The fourth-order valence-corrected chi connectivity index (χ4v) is 3.25. The van der Waals surface area contributed by atoms with Crippen LogP contribution in [-0.2, 0) is 16.2 Å². The van der Waals surface area contributed by atoms with Gasteiger partial charge in [-0.15, -0.1) is 0 Å². The van der Waals surface area contributed by atoms with Crippen molar-refractivity contribution in [1.82, 2.24) is 5.43 Å². The first-order valence-corrected chi connectivity index (χ1v) is 11.1. The van der Waals surface area contributed by atoms with Crippen molar-refractivity contribution in [3.05, 3.63) is 87.9 Å². The summed E-state index contributed by atoms with van der Waals surface area (Å²) in [5, 5.41) is 7.78. The minimum atomic E-state index is -0.401. The van der Waals surface area contributed by atoms with E-state index in [-0.39, 0.29) is 25.4 Å². The average molecular weight is 500 g/mol. The molecule has 3 aromatic carbocycles. The Kier molecular flexibility index (Phi) is 9.31. The van der Waals surface area contributed by atoms with E-state index in [0.717, 1.165) is 5.56 Å². The smallest absolute Gasteiger partial charge is 0.240 e. The zero-order valence-electron chi connectivity index (χ0n) is 18.4. The minimum absolute atomic E-state index is 0.0107. The Labute approximate surface area is 207 Å². The second-order valence-electron chi connectivity index (χ2n) is 7.13. The lowest BCUT2D eigenvalue weighted by Crippen LogP contribution is -2.20. The number of hydrogen-bond acceptors (Lipinski definition) is 5. The molecular weight excluding hydrogens is 477 g/mol. The van der Waals surface area contributed by atoms with Crippen LogP contribution in [0.4, 0.5) is 5.69 Å². The zero-order valence-corrected chi connectivity index (χ0v) is 19.9. The topological polar surface area (TPSA) is 89.0 Å². The minimum Gasteiger partial charge on any atom is -0.497 e. The highest BCUT2D eigenvalue weighted by atomic mass is 35.5. The number of ether oxygens (including phenoxy) is 2. The Hall–Kier alpha value is -3.55. The van der Waals surface area contributed by atoms with Crippen LogP contribution in [0, 0.1) is 0 Å². The summed E-state index contributed by atoms with van der Waals surface area (Å²) in [6.45, 7) is 0.262. The Balaban J connectivity index is 1.49. The quantitative estimate of drug-likeness (QED) is 0.286. The first-order valence-electron chi connectivity index (χ1n) is 10.4. The van der Waals surface area contributed by atoms with Gasteiger partial charge < -0.3 is 14.8 Å². The third kappa shape index (κ3) is 7.79. The molecule has 0 heterocycles. The highest BCUT2D eigenvalue weighted by molar-refractivity contribution is 6.31. The SMILES string of the molecule is COc1ccc(NC(=O)CCC(=O)NN=Cc2cc(Cl)ccc2OCc2ccccc2Cl)cc1. The van der Waals surface area contributed by atoms with Crippen LogP contribution in [0.3, 0.4) is 0 Å². The third-order valence-corrected chi connectivity index (χ3v) is 5.26. The van der Waals surface area contributed by atoms with E-state index in [1.54, 1.807) is 55.6 Å². The maximum atomic E-state index is 12.1. The molecule has 34 heavy (non-hydrogen) atoms. The maximum Gasteiger partial charge on any atom is 0.240 e. The number of nitrogens with one attached hydrogen (secondary N) is 2. The molecule has 0 bridgehead atoms. The molecule has 3 aromatic rings. The number of methoxy groups -OCH3 is 1. The molecule has 0 saturated heterocycles.